The zero-order valence-corrected chi connectivity index (χ0v) is 21.8. The first-order valence-corrected chi connectivity index (χ1v) is 13.1. The molecule has 1 fully saturated rings. The van der Waals surface area contributed by atoms with Crippen LogP contribution in [0.4, 0.5) is 16.3 Å². The van der Waals surface area contributed by atoms with Crippen LogP contribution in [0.2, 0.25) is 0 Å². The second-order valence-electron chi connectivity index (χ2n) is 8.80. The minimum absolute atomic E-state index is 0.0258. The van der Waals surface area contributed by atoms with Gasteiger partial charge < -0.3 is 24.4 Å². The number of aromatic nitrogens is 3. The number of anilines is 2. The van der Waals surface area contributed by atoms with Crippen molar-refractivity contribution in [2.45, 2.75) is 69.9 Å². The molecule has 192 valence electrons. The van der Waals surface area contributed by atoms with Crippen molar-refractivity contribution in [3.63, 3.8) is 0 Å². The molecule has 0 bridgehead atoms. The van der Waals surface area contributed by atoms with Crippen molar-refractivity contribution < 1.29 is 27.4 Å². The number of amides is 1. The maximum absolute atomic E-state index is 12.4. The summed E-state index contributed by atoms with van der Waals surface area (Å²) in [5, 5.41) is 2.59. The van der Waals surface area contributed by atoms with Crippen LogP contribution >= 0.6 is 0 Å². The molecule has 11 nitrogen and oxygen atoms in total. The Morgan fingerprint density at radius 3 is 2.40 bits per heavy atom. The number of likely N-dealkylation sites (tertiary alicyclic amines) is 1. The van der Waals surface area contributed by atoms with E-state index < -0.39 is 15.1 Å². The smallest absolute Gasteiger partial charge is 0.410 e. The van der Waals surface area contributed by atoms with Gasteiger partial charge in [0.1, 0.15) is 12.4 Å². The van der Waals surface area contributed by atoms with E-state index in [2.05, 4.69) is 20.3 Å². The lowest BCUT2D eigenvalue weighted by atomic mass is 10.1. The van der Waals surface area contributed by atoms with Gasteiger partial charge >= 0.3 is 6.09 Å². The summed E-state index contributed by atoms with van der Waals surface area (Å²) in [4.78, 5) is 26.5. The average molecular weight is 508 g/mol. The number of carbonyl (C=O) groups excluding carboxylic acids is 1. The molecule has 1 aliphatic rings. The molecule has 0 atom stereocenters. The van der Waals surface area contributed by atoms with Crippen LogP contribution in [0.25, 0.3) is 0 Å². The standard InChI is InChI=1S/C23H33N5O6S/c1-14(2)33-23(29)28-11-9-17(10-12-28)34-22-20(32-6)21(24-13-25-22)27-18-7-8-19(26-16(18)5)35(30,31)15(3)4/h7-8,13-15,17H,9-12H2,1-6H3,(H,24,25,27). The lowest BCUT2D eigenvalue weighted by molar-refractivity contribution is 0.0500. The highest BCUT2D eigenvalue weighted by Crippen LogP contribution is 2.35. The predicted octanol–water partition coefficient (Wildman–Crippen LogP) is 3.50. The van der Waals surface area contributed by atoms with E-state index in [0.717, 1.165) is 0 Å². The maximum atomic E-state index is 12.4. The number of aryl methyl sites for hydroxylation is 1. The Hall–Kier alpha value is -3.15. The van der Waals surface area contributed by atoms with Crippen molar-refractivity contribution in [1.82, 2.24) is 19.9 Å². The van der Waals surface area contributed by atoms with Gasteiger partial charge in [0.2, 0.25) is 5.75 Å². The molecule has 0 aliphatic carbocycles. The molecule has 0 radical (unpaired) electrons. The van der Waals surface area contributed by atoms with Crippen LogP contribution in [-0.4, -0.2) is 72.0 Å². The summed E-state index contributed by atoms with van der Waals surface area (Å²) >= 11 is 0. The number of nitrogens with zero attached hydrogens (tertiary/aromatic N) is 4. The van der Waals surface area contributed by atoms with Crippen LogP contribution in [0, 0.1) is 6.92 Å². The SMILES string of the molecule is COc1c(Nc2ccc(S(=O)(=O)C(C)C)nc2C)ncnc1OC1CCN(C(=O)OC(C)C)CC1. The topological polar surface area (TPSA) is 133 Å². The van der Waals surface area contributed by atoms with Crippen molar-refractivity contribution >= 4 is 27.4 Å². The van der Waals surface area contributed by atoms with Gasteiger partial charge in [0.05, 0.1) is 29.8 Å². The van der Waals surface area contributed by atoms with Crippen LogP contribution in [0.15, 0.2) is 23.5 Å². The van der Waals surface area contributed by atoms with Gasteiger partial charge in [-0.05, 0) is 46.8 Å². The highest BCUT2D eigenvalue weighted by atomic mass is 32.2. The molecule has 2 aromatic heterocycles. The highest BCUT2D eigenvalue weighted by molar-refractivity contribution is 7.91. The number of sulfone groups is 1. The van der Waals surface area contributed by atoms with Gasteiger partial charge in [-0.15, -0.1) is 0 Å². The van der Waals surface area contributed by atoms with Gasteiger partial charge in [0.15, 0.2) is 20.7 Å². The molecule has 3 heterocycles. The lowest BCUT2D eigenvalue weighted by Gasteiger charge is -2.31. The molecule has 0 saturated carbocycles. The number of carbonyl (C=O) groups is 1. The normalized spacial score (nSPS) is 14.8. The summed E-state index contributed by atoms with van der Waals surface area (Å²) in [6.07, 6.45) is 1.97. The van der Waals surface area contributed by atoms with E-state index in [1.165, 1.54) is 19.5 Å². The molecular formula is C23H33N5O6S. The Morgan fingerprint density at radius 2 is 1.83 bits per heavy atom. The minimum atomic E-state index is -3.48. The molecule has 1 amide bonds. The number of hydrogen-bond donors (Lipinski definition) is 1. The number of methoxy groups -OCH3 is 1. The Bertz CT molecular complexity index is 1150. The van der Waals surface area contributed by atoms with Crippen LogP contribution in [0.1, 0.15) is 46.2 Å². The summed E-state index contributed by atoms with van der Waals surface area (Å²) in [5.41, 5.74) is 1.07. The maximum Gasteiger partial charge on any atom is 0.410 e. The Labute approximate surface area is 206 Å². The second-order valence-corrected chi connectivity index (χ2v) is 11.2. The molecule has 0 unspecified atom stereocenters. The van der Waals surface area contributed by atoms with E-state index in [0.29, 0.717) is 48.9 Å². The average Bonchev–Trinajstić information content (AvgIpc) is 2.80. The molecule has 35 heavy (non-hydrogen) atoms. The van der Waals surface area contributed by atoms with Gasteiger partial charge in [-0.2, -0.15) is 4.98 Å². The zero-order chi connectivity index (χ0) is 25.8. The number of hydrogen-bond acceptors (Lipinski definition) is 10. The number of pyridine rings is 1. The minimum Gasteiger partial charge on any atom is -0.489 e. The van der Waals surface area contributed by atoms with Crippen molar-refractivity contribution in [2.75, 3.05) is 25.5 Å². The van der Waals surface area contributed by atoms with Gasteiger partial charge in [0.25, 0.3) is 5.88 Å². The number of ether oxygens (including phenoxy) is 3. The molecule has 1 aliphatic heterocycles. The van der Waals surface area contributed by atoms with Gasteiger partial charge in [-0.3, -0.25) is 0 Å². The fourth-order valence-electron chi connectivity index (χ4n) is 3.50. The van der Waals surface area contributed by atoms with Crippen molar-refractivity contribution in [2.24, 2.45) is 0 Å². The summed E-state index contributed by atoms with van der Waals surface area (Å²) < 4.78 is 41.7. The first kappa shape index (κ1) is 26.5. The third-order valence-electron chi connectivity index (χ3n) is 5.52. The van der Waals surface area contributed by atoms with Crippen LogP contribution in [0.5, 0.6) is 11.6 Å². The molecular weight excluding hydrogens is 474 g/mol. The summed E-state index contributed by atoms with van der Waals surface area (Å²) in [6.45, 7) is 9.63. The molecule has 2 aromatic rings. The largest absolute Gasteiger partial charge is 0.489 e. The fourth-order valence-corrected chi connectivity index (χ4v) is 4.51. The van der Waals surface area contributed by atoms with Crippen LogP contribution in [0.3, 0.4) is 0 Å². The van der Waals surface area contributed by atoms with E-state index >= 15 is 0 Å². The second kappa shape index (κ2) is 11.1. The van der Waals surface area contributed by atoms with Crippen molar-refractivity contribution in [3.8, 4) is 11.6 Å². The molecule has 1 N–H and O–H groups in total. The molecule has 12 heteroatoms. The fraction of sp³-hybridized carbons (Fsp3) is 0.565. The summed E-state index contributed by atoms with van der Waals surface area (Å²) in [7, 11) is -1.99. The Morgan fingerprint density at radius 1 is 1.14 bits per heavy atom. The monoisotopic (exact) mass is 507 g/mol. The molecule has 0 aromatic carbocycles. The molecule has 0 spiro atoms. The molecule has 3 rings (SSSR count). The summed E-state index contributed by atoms with van der Waals surface area (Å²) in [5.74, 6) is 0.949. The quantitative estimate of drug-likeness (QED) is 0.566. The van der Waals surface area contributed by atoms with E-state index in [9.17, 15) is 13.2 Å². The Balaban J connectivity index is 1.72. The number of rotatable bonds is 8. The molecule has 1 saturated heterocycles. The van der Waals surface area contributed by atoms with Crippen molar-refractivity contribution in [3.05, 3.63) is 24.2 Å². The third-order valence-corrected chi connectivity index (χ3v) is 7.57. The van der Waals surface area contributed by atoms with Gasteiger partial charge in [-0.25, -0.2) is 23.2 Å². The third kappa shape index (κ3) is 6.30. The Kier molecular flexibility index (Phi) is 8.36. The van der Waals surface area contributed by atoms with Crippen LogP contribution < -0.4 is 14.8 Å². The first-order chi connectivity index (χ1) is 16.5. The van der Waals surface area contributed by atoms with Crippen LogP contribution in [-0.2, 0) is 14.6 Å². The number of nitrogens with one attached hydrogen (secondary N) is 1. The summed E-state index contributed by atoms with van der Waals surface area (Å²) in [6, 6.07) is 3.11. The van der Waals surface area contributed by atoms with Gasteiger partial charge in [-0.1, -0.05) is 0 Å². The lowest BCUT2D eigenvalue weighted by Crippen LogP contribution is -2.42. The first-order valence-electron chi connectivity index (χ1n) is 11.5. The van der Waals surface area contributed by atoms with E-state index in [4.69, 9.17) is 14.2 Å². The van der Waals surface area contributed by atoms with Crippen molar-refractivity contribution in [1.29, 1.82) is 0 Å². The van der Waals surface area contributed by atoms with E-state index in [1.807, 2.05) is 13.8 Å². The predicted molar refractivity (Wildman–Crippen MR) is 130 cm³/mol. The van der Waals surface area contributed by atoms with Gasteiger partial charge in [0, 0.05) is 25.9 Å². The highest BCUT2D eigenvalue weighted by Gasteiger charge is 2.27. The van der Waals surface area contributed by atoms with E-state index in [-0.39, 0.29) is 29.2 Å². The van der Waals surface area contributed by atoms with E-state index in [1.54, 1.807) is 31.7 Å². The zero-order valence-electron chi connectivity index (χ0n) is 20.9. The number of piperidine rings is 1.